The summed E-state index contributed by atoms with van der Waals surface area (Å²) in [7, 11) is -2.25. The van der Waals surface area contributed by atoms with Gasteiger partial charge in [0.15, 0.2) is 5.82 Å². The molecule has 1 atom stereocenters. The molecule has 0 bridgehead atoms. The Hall–Kier alpha value is -1.61. The number of carbonyl (C=O) groups excluding carboxylic acids is 1. The average molecular weight is 273 g/mol. The van der Waals surface area contributed by atoms with Crippen LogP contribution in [0.5, 0.6) is 0 Å². The number of nitrogens with one attached hydrogen (secondary N) is 2. The summed E-state index contributed by atoms with van der Waals surface area (Å²) in [6.07, 6.45) is 2.52. The number of sulfonamides is 1. The smallest absolute Gasteiger partial charge is 0.246 e. The van der Waals surface area contributed by atoms with E-state index in [2.05, 4.69) is 15.1 Å². The van der Waals surface area contributed by atoms with Crippen LogP contribution in [0.1, 0.15) is 12.8 Å². The van der Waals surface area contributed by atoms with Gasteiger partial charge >= 0.3 is 0 Å². The van der Waals surface area contributed by atoms with Gasteiger partial charge in [-0.3, -0.25) is 9.48 Å². The lowest BCUT2D eigenvalue weighted by Gasteiger charge is -2.22. The Kier molecular flexibility index (Phi) is 3.26. The van der Waals surface area contributed by atoms with Gasteiger partial charge in [0.2, 0.25) is 15.9 Å². The van der Waals surface area contributed by atoms with E-state index in [4.69, 9.17) is 5.73 Å². The molecule has 1 aliphatic rings. The van der Waals surface area contributed by atoms with Crippen LogP contribution in [0.3, 0.4) is 0 Å². The topological polar surface area (TPSA) is 119 Å². The molecule has 0 spiro atoms. The molecule has 8 nitrogen and oxygen atoms in total. The Morgan fingerprint density at radius 3 is 2.89 bits per heavy atom. The van der Waals surface area contributed by atoms with Gasteiger partial charge in [-0.05, 0) is 12.8 Å². The molecule has 1 saturated heterocycles. The van der Waals surface area contributed by atoms with Crippen molar-refractivity contribution >= 4 is 21.7 Å². The maximum atomic E-state index is 12.1. The van der Waals surface area contributed by atoms with E-state index in [1.165, 1.54) is 10.9 Å². The van der Waals surface area contributed by atoms with Gasteiger partial charge in [0.25, 0.3) is 0 Å². The lowest BCUT2D eigenvalue weighted by molar-refractivity contribution is -0.124. The zero-order valence-corrected chi connectivity index (χ0v) is 10.7. The number of hydrogen-bond acceptors (Lipinski definition) is 5. The molecule has 1 aliphatic heterocycles. The van der Waals surface area contributed by atoms with Crippen LogP contribution in [0.15, 0.2) is 11.1 Å². The lowest BCUT2D eigenvalue weighted by Crippen LogP contribution is -2.50. The van der Waals surface area contributed by atoms with Crippen molar-refractivity contribution in [2.24, 2.45) is 7.05 Å². The Morgan fingerprint density at radius 1 is 1.61 bits per heavy atom. The molecule has 2 rings (SSSR count). The zero-order valence-electron chi connectivity index (χ0n) is 9.88. The number of rotatable bonds is 3. The molecule has 0 aromatic carbocycles. The summed E-state index contributed by atoms with van der Waals surface area (Å²) in [6, 6.07) is -0.747. The van der Waals surface area contributed by atoms with E-state index >= 15 is 0 Å². The van der Waals surface area contributed by atoms with Crippen molar-refractivity contribution < 1.29 is 13.2 Å². The summed E-state index contributed by atoms with van der Waals surface area (Å²) in [6.45, 7) is 0.575. The molecule has 1 amide bonds. The van der Waals surface area contributed by atoms with Gasteiger partial charge in [0, 0.05) is 19.8 Å². The molecule has 4 N–H and O–H groups in total. The van der Waals surface area contributed by atoms with Crippen molar-refractivity contribution in [3.05, 3.63) is 6.20 Å². The SMILES string of the molecule is Cn1cc(S(=O)(=O)NC2CCCNC2=O)c(N)n1. The van der Waals surface area contributed by atoms with Crippen LogP contribution in [0.25, 0.3) is 0 Å². The zero-order chi connectivity index (χ0) is 13.3. The highest BCUT2D eigenvalue weighted by Gasteiger charge is 2.29. The van der Waals surface area contributed by atoms with Crippen molar-refractivity contribution in [3.8, 4) is 0 Å². The number of anilines is 1. The fourth-order valence-corrected chi connectivity index (χ4v) is 3.16. The minimum atomic E-state index is -3.82. The fourth-order valence-electron chi connectivity index (χ4n) is 1.83. The molecule has 1 aromatic heterocycles. The third kappa shape index (κ3) is 2.46. The van der Waals surface area contributed by atoms with E-state index in [-0.39, 0.29) is 16.6 Å². The van der Waals surface area contributed by atoms with E-state index < -0.39 is 16.1 Å². The van der Waals surface area contributed by atoms with Crippen LogP contribution in [0.2, 0.25) is 0 Å². The fraction of sp³-hybridized carbons (Fsp3) is 0.556. The number of aromatic nitrogens is 2. The molecular weight excluding hydrogens is 258 g/mol. The molecule has 2 heterocycles. The number of nitrogen functional groups attached to an aromatic ring is 1. The number of hydrogen-bond donors (Lipinski definition) is 3. The minimum absolute atomic E-state index is 0.0822. The van der Waals surface area contributed by atoms with Gasteiger partial charge in [-0.1, -0.05) is 0 Å². The van der Waals surface area contributed by atoms with E-state index in [0.29, 0.717) is 13.0 Å². The van der Waals surface area contributed by atoms with Gasteiger partial charge in [-0.15, -0.1) is 0 Å². The highest BCUT2D eigenvalue weighted by atomic mass is 32.2. The Labute approximate surface area is 105 Å². The molecular formula is C9H15N5O3S. The van der Waals surface area contributed by atoms with Crippen molar-refractivity contribution in [1.29, 1.82) is 0 Å². The normalized spacial score (nSPS) is 20.7. The Morgan fingerprint density at radius 2 is 2.33 bits per heavy atom. The highest BCUT2D eigenvalue weighted by Crippen LogP contribution is 2.17. The summed E-state index contributed by atoms with van der Waals surface area (Å²) in [5.74, 6) is -0.395. The van der Waals surface area contributed by atoms with Crippen molar-refractivity contribution in [2.45, 2.75) is 23.8 Å². The molecule has 9 heteroatoms. The van der Waals surface area contributed by atoms with E-state index in [1.54, 1.807) is 7.05 Å². The Balaban J connectivity index is 2.21. The van der Waals surface area contributed by atoms with Crippen LogP contribution in [0, 0.1) is 0 Å². The molecule has 1 fully saturated rings. The number of carbonyl (C=O) groups is 1. The number of amides is 1. The summed E-state index contributed by atoms with van der Waals surface area (Å²) in [4.78, 5) is 11.4. The summed E-state index contributed by atoms with van der Waals surface area (Å²) >= 11 is 0. The second-order valence-corrected chi connectivity index (χ2v) is 5.84. The Bertz CT molecular complexity index is 565. The largest absolute Gasteiger partial charge is 0.381 e. The maximum Gasteiger partial charge on any atom is 0.246 e. The monoisotopic (exact) mass is 273 g/mol. The van der Waals surface area contributed by atoms with Gasteiger partial charge in [-0.25, -0.2) is 8.42 Å². The van der Waals surface area contributed by atoms with Gasteiger partial charge in [-0.2, -0.15) is 9.82 Å². The van der Waals surface area contributed by atoms with Crippen LogP contribution >= 0.6 is 0 Å². The first kappa shape index (κ1) is 12.8. The average Bonchev–Trinajstić information content (AvgIpc) is 2.62. The van der Waals surface area contributed by atoms with Crippen molar-refractivity contribution in [3.63, 3.8) is 0 Å². The molecule has 0 aliphatic carbocycles. The summed E-state index contributed by atoms with van der Waals surface area (Å²) < 4.78 is 27.8. The predicted molar refractivity (Wildman–Crippen MR) is 64.0 cm³/mol. The number of nitrogens with zero attached hydrogens (tertiary/aromatic N) is 2. The predicted octanol–water partition coefficient (Wildman–Crippen LogP) is -1.44. The first-order valence-electron chi connectivity index (χ1n) is 5.49. The molecule has 100 valence electrons. The summed E-state index contributed by atoms with van der Waals surface area (Å²) in [5, 5.41) is 6.37. The third-order valence-corrected chi connectivity index (χ3v) is 4.18. The standard InChI is InChI=1S/C9H15N5O3S/c1-14-5-7(8(10)12-14)18(16,17)13-6-3-2-4-11-9(6)15/h5-6,13H,2-4H2,1H3,(H2,10,12)(H,11,15). The summed E-state index contributed by atoms with van der Waals surface area (Å²) in [5.41, 5.74) is 5.52. The highest BCUT2D eigenvalue weighted by molar-refractivity contribution is 7.89. The van der Waals surface area contributed by atoms with Crippen LogP contribution < -0.4 is 15.8 Å². The van der Waals surface area contributed by atoms with Gasteiger partial charge in [0.1, 0.15) is 10.9 Å². The number of nitrogens with two attached hydrogens (primary N) is 1. The van der Waals surface area contributed by atoms with Gasteiger partial charge < -0.3 is 11.1 Å². The van der Waals surface area contributed by atoms with Crippen molar-refractivity contribution in [1.82, 2.24) is 19.8 Å². The van der Waals surface area contributed by atoms with Gasteiger partial charge in [0.05, 0.1) is 0 Å². The first-order chi connectivity index (χ1) is 8.40. The minimum Gasteiger partial charge on any atom is -0.381 e. The van der Waals surface area contributed by atoms with Crippen LogP contribution in [-0.4, -0.2) is 36.7 Å². The van der Waals surface area contributed by atoms with Crippen LogP contribution in [0.4, 0.5) is 5.82 Å². The molecule has 0 radical (unpaired) electrons. The third-order valence-electron chi connectivity index (χ3n) is 2.69. The number of aryl methyl sites for hydroxylation is 1. The van der Waals surface area contributed by atoms with Crippen molar-refractivity contribution in [2.75, 3.05) is 12.3 Å². The molecule has 18 heavy (non-hydrogen) atoms. The molecule has 0 saturated carbocycles. The lowest BCUT2D eigenvalue weighted by atomic mass is 10.1. The van der Waals surface area contributed by atoms with Crippen LogP contribution in [-0.2, 0) is 21.9 Å². The van der Waals surface area contributed by atoms with E-state index in [1.807, 2.05) is 0 Å². The molecule has 1 unspecified atom stereocenters. The van der Waals surface area contributed by atoms with E-state index in [0.717, 1.165) is 6.42 Å². The second kappa shape index (κ2) is 4.58. The quantitative estimate of drug-likeness (QED) is 0.623. The maximum absolute atomic E-state index is 12.1. The second-order valence-electron chi connectivity index (χ2n) is 4.16. The van der Waals surface area contributed by atoms with E-state index in [9.17, 15) is 13.2 Å². The molecule has 1 aromatic rings. The first-order valence-corrected chi connectivity index (χ1v) is 6.97. The number of piperidine rings is 1.